The van der Waals surface area contributed by atoms with Crippen LogP contribution in [0, 0.1) is 0 Å². The summed E-state index contributed by atoms with van der Waals surface area (Å²) in [5, 5.41) is 23.7. The summed E-state index contributed by atoms with van der Waals surface area (Å²) in [4.78, 5) is 12.1. The highest BCUT2D eigenvalue weighted by Gasteiger charge is 2.30. The average Bonchev–Trinajstić information content (AvgIpc) is 3.02. The van der Waals surface area contributed by atoms with Crippen LogP contribution in [0.4, 0.5) is 0 Å². The minimum atomic E-state index is -0.427. The third kappa shape index (κ3) is 2.35. The highest BCUT2D eigenvalue weighted by atomic mass is 16.3. The molecule has 3 heterocycles. The highest BCUT2D eigenvalue weighted by Crippen LogP contribution is 2.19. The number of aliphatic hydroxyl groups excluding tert-OH is 1. The number of fused-ring (bicyclic) bond motifs is 1. The number of aliphatic hydroxyl groups is 1. The minimum absolute atomic E-state index is 0.0839. The first-order valence-corrected chi connectivity index (χ1v) is 6.79. The zero-order valence-electron chi connectivity index (χ0n) is 11.0. The van der Waals surface area contributed by atoms with Crippen LogP contribution in [-0.2, 0) is 17.8 Å². The van der Waals surface area contributed by atoms with Gasteiger partial charge in [0.25, 0.3) is 0 Å². The van der Waals surface area contributed by atoms with E-state index in [0.717, 1.165) is 31.0 Å². The second-order valence-corrected chi connectivity index (χ2v) is 5.31. The van der Waals surface area contributed by atoms with Crippen molar-refractivity contribution in [2.24, 2.45) is 0 Å². The number of amides is 1. The number of carbonyl (C=O) groups excluding carboxylic acids is 1. The van der Waals surface area contributed by atoms with Crippen molar-refractivity contribution < 1.29 is 9.90 Å². The standard InChI is InChI=1S/C12H19N5O2/c1-7(11-16-15-10-3-2-4-17(10)11)14-12(19)9-5-8(18)6-13-9/h7-9,13,18H,2-6H2,1H3,(H,14,19). The molecule has 0 aromatic carbocycles. The van der Waals surface area contributed by atoms with Gasteiger partial charge in [-0.1, -0.05) is 0 Å². The van der Waals surface area contributed by atoms with Gasteiger partial charge in [0.05, 0.1) is 18.2 Å². The topological polar surface area (TPSA) is 92.1 Å². The van der Waals surface area contributed by atoms with Crippen LogP contribution in [0.1, 0.15) is 37.5 Å². The number of carbonyl (C=O) groups is 1. The molecule has 0 bridgehead atoms. The fraction of sp³-hybridized carbons (Fsp3) is 0.750. The number of nitrogens with one attached hydrogen (secondary N) is 2. The molecule has 0 spiro atoms. The number of rotatable bonds is 3. The van der Waals surface area contributed by atoms with Crippen LogP contribution in [0.3, 0.4) is 0 Å². The van der Waals surface area contributed by atoms with Crippen LogP contribution >= 0.6 is 0 Å². The summed E-state index contributed by atoms with van der Waals surface area (Å²) in [7, 11) is 0. The molecule has 3 unspecified atom stereocenters. The Balaban J connectivity index is 1.64. The average molecular weight is 265 g/mol. The van der Waals surface area contributed by atoms with E-state index in [9.17, 15) is 9.90 Å². The first-order valence-electron chi connectivity index (χ1n) is 6.79. The quantitative estimate of drug-likeness (QED) is 0.660. The molecule has 0 aliphatic carbocycles. The van der Waals surface area contributed by atoms with Gasteiger partial charge in [0.2, 0.25) is 5.91 Å². The molecular weight excluding hydrogens is 246 g/mol. The van der Waals surface area contributed by atoms with Crippen molar-refractivity contribution in [3.8, 4) is 0 Å². The molecule has 104 valence electrons. The molecule has 2 aliphatic heterocycles. The number of aromatic nitrogens is 3. The summed E-state index contributed by atoms with van der Waals surface area (Å²) in [6, 6.07) is -0.468. The van der Waals surface area contributed by atoms with Gasteiger partial charge in [-0.05, 0) is 19.8 Å². The van der Waals surface area contributed by atoms with Gasteiger partial charge in [-0.3, -0.25) is 4.79 Å². The molecule has 1 aromatic rings. The zero-order valence-corrected chi connectivity index (χ0v) is 11.0. The van der Waals surface area contributed by atoms with Gasteiger partial charge >= 0.3 is 0 Å². The van der Waals surface area contributed by atoms with Crippen molar-refractivity contribution in [3.63, 3.8) is 0 Å². The van der Waals surface area contributed by atoms with Gasteiger partial charge in [-0.25, -0.2) is 0 Å². The third-order valence-corrected chi connectivity index (χ3v) is 3.81. The van der Waals surface area contributed by atoms with Crippen molar-refractivity contribution in [3.05, 3.63) is 11.6 Å². The fourth-order valence-electron chi connectivity index (χ4n) is 2.79. The zero-order chi connectivity index (χ0) is 13.4. The molecule has 0 radical (unpaired) electrons. The molecule has 0 saturated carbocycles. The Kier molecular flexibility index (Phi) is 3.24. The lowest BCUT2D eigenvalue weighted by Gasteiger charge is -2.17. The van der Waals surface area contributed by atoms with E-state index in [1.54, 1.807) is 0 Å². The largest absolute Gasteiger partial charge is 0.392 e. The SMILES string of the molecule is CC(NC(=O)C1CC(O)CN1)c1nnc2n1CCC2. The first-order chi connectivity index (χ1) is 9.15. The van der Waals surface area contributed by atoms with E-state index in [0.29, 0.717) is 13.0 Å². The second-order valence-electron chi connectivity index (χ2n) is 5.31. The maximum Gasteiger partial charge on any atom is 0.237 e. The minimum Gasteiger partial charge on any atom is -0.392 e. The Hall–Kier alpha value is -1.47. The predicted molar refractivity (Wildman–Crippen MR) is 67.3 cm³/mol. The number of hydrogen-bond donors (Lipinski definition) is 3. The van der Waals surface area contributed by atoms with Gasteiger partial charge in [-0.15, -0.1) is 10.2 Å². The van der Waals surface area contributed by atoms with Gasteiger partial charge in [0.1, 0.15) is 5.82 Å². The molecule has 2 aliphatic rings. The van der Waals surface area contributed by atoms with Gasteiger partial charge in [0.15, 0.2) is 5.82 Å². The van der Waals surface area contributed by atoms with E-state index in [2.05, 4.69) is 25.4 Å². The van der Waals surface area contributed by atoms with Crippen molar-refractivity contribution in [1.82, 2.24) is 25.4 Å². The summed E-state index contributed by atoms with van der Waals surface area (Å²) < 4.78 is 2.09. The monoisotopic (exact) mass is 265 g/mol. The van der Waals surface area contributed by atoms with Gasteiger partial charge in [0, 0.05) is 19.5 Å². The number of hydrogen-bond acceptors (Lipinski definition) is 5. The second kappa shape index (κ2) is 4.90. The van der Waals surface area contributed by atoms with Crippen molar-refractivity contribution in [2.45, 2.75) is 50.9 Å². The Labute approximate surface area is 111 Å². The van der Waals surface area contributed by atoms with E-state index in [4.69, 9.17) is 0 Å². The predicted octanol–water partition coefficient (Wildman–Crippen LogP) is -0.876. The van der Waals surface area contributed by atoms with Gasteiger partial charge in [-0.2, -0.15) is 0 Å². The summed E-state index contributed by atoms with van der Waals surface area (Å²) >= 11 is 0. The summed E-state index contributed by atoms with van der Waals surface area (Å²) in [6.45, 7) is 3.32. The van der Waals surface area contributed by atoms with E-state index in [1.807, 2.05) is 6.92 Å². The fourth-order valence-corrected chi connectivity index (χ4v) is 2.79. The number of nitrogens with zero attached hydrogens (tertiary/aromatic N) is 3. The summed E-state index contributed by atoms with van der Waals surface area (Å²) in [5.74, 6) is 1.74. The Morgan fingerprint density at radius 2 is 2.42 bits per heavy atom. The molecule has 3 rings (SSSR count). The molecule has 7 nitrogen and oxygen atoms in total. The number of β-amino-alcohol motifs (C(OH)–C–C–N with tert-alkyl or cyclic N) is 1. The molecular formula is C12H19N5O2. The Morgan fingerprint density at radius 1 is 1.58 bits per heavy atom. The van der Waals surface area contributed by atoms with Crippen LogP contribution < -0.4 is 10.6 Å². The van der Waals surface area contributed by atoms with Crippen molar-refractivity contribution in [2.75, 3.05) is 6.54 Å². The molecule has 19 heavy (non-hydrogen) atoms. The lowest BCUT2D eigenvalue weighted by molar-refractivity contribution is -0.123. The summed E-state index contributed by atoms with van der Waals surface area (Å²) in [5.41, 5.74) is 0. The van der Waals surface area contributed by atoms with Crippen LogP contribution in [0.15, 0.2) is 0 Å². The van der Waals surface area contributed by atoms with Crippen LogP contribution in [0.25, 0.3) is 0 Å². The van der Waals surface area contributed by atoms with Crippen molar-refractivity contribution in [1.29, 1.82) is 0 Å². The van der Waals surface area contributed by atoms with E-state index in [-0.39, 0.29) is 18.0 Å². The van der Waals surface area contributed by atoms with Crippen LogP contribution in [0.5, 0.6) is 0 Å². The maximum atomic E-state index is 12.1. The maximum absolute atomic E-state index is 12.1. The highest BCUT2D eigenvalue weighted by molar-refractivity contribution is 5.82. The molecule has 1 aromatic heterocycles. The Morgan fingerprint density at radius 3 is 3.16 bits per heavy atom. The van der Waals surface area contributed by atoms with E-state index < -0.39 is 6.10 Å². The van der Waals surface area contributed by atoms with E-state index >= 15 is 0 Å². The lowest BCUT2D eigenvalue weighted by Crippen LogP contribution is -2.41. The molecule has 3 atom stereocenters. The van der Waals surface area contributed by atoms with Crippen LogP contribution in [0.2, 0.25) is 0 Å². The molecule has 1 amide bonds. The van der Waals surface area contributed by atoms with Gasteiger partial charge < -0.3 is 20.3 Å². The third-order valence-electron chi connectivity index (χ3n) is 3.81. The molecule has 3 N–H and O–H groups in total. The molecule has 1 saturated heterocycles. The van der Waals surface area contributed by atoms with E-state index in [1.165, 1.54) is 0 Å². The molecule has 1 fully saturated rings. The Bertz CT molecular complexity index is 486. The lowest BCUT2D eigenvalue weighted by atomic mass is 10.2. The first kappa shape index (κ1) is 12.6. The normalized spacial score (nSPS) is 27.3. The smallest absolute Gasteiger partial charge is 0.237 e. The van der Waals surface area contributed by atoms with Crippen molar-refractivity contribution >= 4 is 5.91 Å². The molecule has 7 heteroatoms. The summed E-state index contributed by atoms with van der Waals surface area (Å²) in [6.07, 6.45) is 2.10. The van der Waals surface area contributed by atoms with Crippen LogP contribution in [-0.4, -0.2) is 44.5 Å². The number of aryl methyl sites for hydroxylation is 1.